The lowest BCUT2D eigenvalue weighted by atomic mass is 9.99. The summed E-state index contributed by atoms with van der Waals surface area (Å²) >= 11 is 1.25. The van der Waals surface area contributed by atoms with Crippen molar-refractivity contribution in [2.24, 2.45) is 11.5 Å². The molecule has 0 aliphatic carbocycles. The minimum absolute atomic E-state index is 0.180. The zero-order valence-electron chi connectivity index (χ0n) is 24.0. The molecule has 12 heteroatoms. The van der Waals surface area contributed by atoms with Gasteiger partial charge in [-0.3, -0.25) is 5.32 Å². The van der Waals surface area contributed by atoms with Crippen LogP contribution in [0.1, 0.15) is 47.1 Å². The van der Waals surface area contributed by atoms with Crippen LogP contribution in [-0.2, 0) is 22.4 Å². The molecule has 4 aromatic rings. The predicted molar refractivity (Wildman–Crippen MR) is 164 cm³/mol. The van der Waals surface area contributed by atoms with Crippen molar-refractivity contribution in [3.05, 3.63) is 101 Å². The first-order chi connectivity index (χ1) is 21.0. The molecule has 4 rings (SSSR count). The van der Waals surface area contributed by atoms with E-state index in [-0.39, 0.29) is 19.4 Å². The first-order valence-corrected chi connectivity index (χ1v) is 15.2. The first kappa shape index (κ1) is 33.5. The van der Waals surface area contributed by atoms with Crippen LogP contribution in [0.2, 0.25) is 0 Å². The number of aromatic nitrogens is 1. The molecule has 7 N–H and O–H groups in total. The number of nitrogens with one attached hydrogen (secondary N) is 1. The highest BCUT2D eigenvalue weighted by Gasteiger charge is 2.44. The van der Waals surface area contributed by atoms with E-state index in [2.05, 4.69) is 10.3 Å². The van der Waals surface area contributed by atoms with Crippen LogP contribution in [0.3, 0.4) is 0 Å². The number of aliphatic hydroxyl groups excluding tert-OH is 2. The third kappa shape index (κ3) is 9.31. The number of carbonyl (C=O) groups is 1. The van der Waals surface area contributed by atoms with Crippen molar-refractivity contribution >= 4 is 27.5 Å². The van der Waals surface area contributed by atoms with Crippen LogP contribution in [0.25, 0.3) is 10.2 Å². The Morgan fingerprint density at radius 1 is 0.955 bits per heavy atom. The smallest absolute Gasteiger partial charge is 0.437 e. The summed E-state index contributed by atoms with van der Waals surface area (Å²) < 4.78 is 45.2. The zero-order valence-corrected chi connectivity index (χ0v) is 24.8. The Balaban J connectivity index is 1.61. The molecule has 0 saturated carbocycles. The molecule has 0 amide bonds. The van der Waals surface area contributed by atoms with Gasteiger partial charge >= 0.3 is 12.1 Å². The van der Waals surface area contributed by atoms with Gasteiger partial charge in [-0.25, -0.2) is 9.78 Å². The lowest BCUT2D eigenvalue weighted by Gasteiger charge is -2.33. The summed E-state index contributed by atoms with van der Waals surface area (Å²) in [6, 6.07) is 23.1. The third-order valence-corrected chi connectivity index (χ3v) is 8.38. The van der Waals surface area contributed by atoms with E-state index < -0.39 is 42.7 Å². The summed E-state index contributed by atoms with van der Waals surface area (Å²) in [5, 5.41) is 25.6. The van der Waals surface area contributed by atoms with Gasteiger partial charge in [0, 0.05) is 12.1 Å². The van der Waals surface area contributed by atoms with Crippen LogP contribution in [0.5, 0.6) is 0 Å². The molecular formula is C32H37F3N4O4S. The standard InChI is InChI=1S/C32H37F3N4O4S/c33-32(34,35)31(42)43-29(27(40)23(37)12-7-17-36)38-24(15-13-20-8-3-1-4-9-20)28(41)30-39-25-19-22(14-16-26(25)44-30)18-21-10-5-2-6-11-21/h1-6,8-11,14,16,19,23-24,27-29,38,40-41H,7,12-13,15,17-18,36-37H2/t23-,24-,27-,28-,29?/m1/s1. The van der Waals surface area contributed by atoms with Gasteiger partial charge in [-0.15, -0.1) is 11.3 Å². The number of rotatable bonds is 15. The minimum Gasteiger partial charge on any atom is -0.437 e. The van der Waals surface area contributed by atoms with Gasteiger partial charge in [0.25, 0.3) is 0 Å². The molecule has 0 saturated heterocycles. The number of fused-ring (bicyclic) bond motifs is 1. The van der Waals surface area contributed by atoms with Gasteiger partial charge in [-0.05, 0) is 67.5 Å². The average molecular weight is 631 g/mol. The fourth-order valence-corrected chi connectivity index (χ4v) is 5.87. The molecule has 0 spiro atoms. The molecule has 0 radical (unpaired) electrons. The average Bonchev–Trinajstić information content (AvgIpc) is 3.44. The summed E-state index contributed by atoms with van der Waals surface area (Å²) in [5.41, 5.74) is 15.3. The van der Waals surface area contributed by atoms with Gasteiger partial charge < -0.3 is 26.4 Å². The maximum absolute atomic E-state index is 13.2. The lowest BCUT2D eigenvalue weighted by Crippen LogP contribution is -2.56. The first-order valence-electron chi connectivity index (χ1n) is 14.4. The largest absolute Gasteiger partial charge is 0.490 e. The number of aryl methyl sites for hydroxylation is 1. The number of esters is 1. The van der Waals surface area contributed by atoms with Crippen LogP contribution in [0.15, 0.2) is 78.9 Å². The number of nitrogens with zero attached hydrogens (tertiary/aromatic N) is 1. The maximum Gasteiger partial charge on any atom is 0.490 e. The summed E-state index contributed by atoms with van der Waals surface area (Å²) in [5.74, 6) is -2.48. The van der Waals surface area contributed by atoms with Crippen molar-refractivity contribution in [2.45, 2.75) is 68.8 Å². The molecule has 44 heavy (non-hydrogen) atoms. The summed E-state index contributed by atoms with van der Waals surface area (Å²) in [6.07, 6.45) is -8.27. The van der Waals surface area contributed by atoms with Gasteiger partial charge in [0.2, 0.25) is 0 Å². The van der Waals surface area contributed by atoms with Crippen molar-refractivity contribution in [3.63, 3.8) is 0 Å². The number of hydrogen-bond donors (Lipinski definition) is 5. The highest BCUT2D eigenvalue weighted by Crippen LogP contribution is 2.31. The Bertz CT molecular complexity index is 1470. The zero-order chi connectivity index (χ0) is 31.7. The number of hydrogen-bond acceptors (Lipinski definition) is 9. The molecule has 1 unspecified atom stereocenters. The van der Waals surface area contributed by atoms with Crippen LogP contribution in [0.4, 0.5) is 13.2 Å². The Kier molecular flexibility index (Phi) is 11.8. The van der Waals surface area contributed by atoms with Gasteiger partial charge in [0.05, 0.1) is 10.2 Å². The van der Waals surface area contributed by atoms with E-state index in [1.54, 1.807) is 0 Å². The van der Waals surface area contributed by atoms with Crippen molar-refractivity contribution in [3.8, 4) is 0 Å². The summed E-state index contributed by atoms with van der Waals surface area (Å²) in [4.78, 5) is 16.5. The predicted octanol–water partition coefficient (Wildman–Crippen LogP) is 4.37. The quantitative estimate of drug-likeness (QED) is 0.0963. The molecule has 1 aromatic heterocycles. The number of nitrogens with two attached hydrogens (primary N) is 2. The number of alkyl halides is 3. The molecule has 0 fully saturated rings. The molecule has 1 heterocycles. The number of halogens is 3. The molecule has 0 aliphatic heterocycles. The number of benzene rings is 3. The van der Waals surface area contributed by atoms with E-state index in [1.165, 1.54) is 11.3 Å². The monoisotopic (exact) mass is 630 g/mol. The minimum atomic E-state index is -5.30. The second-order valence-corrected chi connectivity index (χ2v) is 11.7. The topological polar surface area (TPSA) is 144 Å². The van der Waals surface area contributed by atoms with Crippen LogP contribution < -0.4 is 16.8 Å². The molecule has 5 atom stereocenters. The fourth-order valence-electron chi connectivity index (χ4n) is 4.87. The number of carbonyl (C=O) groups excluding carboxylic acids is 1. The molecule has 8 nitrogen and oxygen atoms in total. The van der Waals surface area contributed by atoms with Crippen molar-refractivity contribution in [1.29, 1.82) is 0 Å². The SMILES string of the molecule is NCCC[C@@H](N)[C@@H](O)C(N[C@H](CCc1ccccc1)[C@@H](O)c1nc2cc(Cc3ccccc3)ccc2s1)OC(=O)C(F)(F)F. The Morgan fingerprint density at radius 2 is 1.61 bits per heavy atom. The highest BCUT2D eigenvalue weighted by molar-refractivity contribution is 7.18. The molecule has 236 valence electrons. The van der Waals surface area contributed by atoms with E-state index in [9.17, 15) is 28.2 Å². The third-order valence-electron chi connectivity index (χ3n) is 7.27. The second kappa shape index (κ2) is 15.6. The second-order valence-electron chi connectivity index (χ2n) is 10.7. The van der Waals surface area contributed by atoms with Crippen LogP contribution in [-0.4, -0.2) is 58.3 Å². The number of thiazole rings is 1. The van der Waals surface area contributed by atoms with E-state index >= 15 is 0 Å². The van der Waals surface area contributed by atoms with Crippen molar-refractivity contribution < 1.29 is 32.9 Å². The number of aliphatic hydroxyl groups is 2. The normalized spacial score (nSPS) is 15.4. The van der Waals surface area contributed by atoms with Crippen molar-refractivity contribution in [2.75, 3.05) is 6.54 Å². The van der Waals surface area contributed by atoms with Gasteiger partial charge in [-0.1, -0.05) is 66.7 Å². The highest BCUT2D eigenvalue weighted by atomic mass is 32.1. The molecular weight excluding hydrogens is 593 g/mol. The molecule has 0 bridgehead atoms. The van der Waals surface area contributed by atoms with Gasteiger partial charge in [0.15, 0.2) is 6.23 Å². The number of ether oxygens (including phenoxy) is 1. The Morgan fingerprint density at radius 3 is 2.25 bits per heavy atom. The fraction of sp³-hybridized carbons (Fsp3) is 0.375. The van der Waals surface area contributed by atoms with E-state index in [0.717, 1.165) is 21.4 Å². The van der Waals surface area contributed by atoms with Crippen LogP contribution in [0, 0.1) is 0 Å². The Labute approximate surface area is 257 Å². The van der Waals surface area contributed by atoms with Crippen LogP contribution >= 0.6 is 11.3 Å². The van der Waals surface area contributed by atoms with Gasteiger partial charge in [0.1, 0.15) is 17.2 Å². The van der Waals surface area contributed by atoms with Crippen molar-refractivity contribution in [1.82, 2.24) is 10.3 Å². The molecule has 3 aromatic carbocycles. The van der Waals surface area contributed by atoms with Gasteiger partial charge in [-0.2, -0.15) is 13.2 Å². The van der Waals surface area contributed by atoms with E-state index in [4.69, 9.17) is 16.2 Å². The summed E-state index contributed by atoms with van der Waals surface area (Å²) in [7, 11) is 0. The molecule has 0 aliphatic rings. The maximum atomic E-state index is 13.2. The lowest BCUT2D eigenvalue weighted by molar-refractivity contribution is -0.213. The Hall–Kier alpha value is -3.39. The van der Waals surface area contributed by atoms with E-state index in [0.29, 0.717) is 29.8 Å². The summed E-state index contributed by atoms with van der Waals surface area (Å²) in [6.45, 7) is 0.254. The van der Waals surface area contributed by atoms with E-state index in [1.807, 2.05) is 78.9 Å².